The van der Waals surface area contributed by atoms with E-state index in [0.29, 0.717) is 11.7 Å². The Morgan fingerprint density at radius 1 is 1.00 bits per heavy atom. The monoisotopic (exact) mass is 346 g/mol. The molecule has 0 N–H and O–H groups in total. The van der Waals surface area contributed by atoms with Crippen LogP contribution in [0.4, 0.5) is 11.6 Å². The molecule has 0 amide bonds. The molecule has 0 aliphatic heterocycles. The molecule has 3 heterocycles. The van der Waals surface area contributed by atoms with E-state index >= 15 is 0 Å². The number of fused-ring (bicyclic) bond motifs is 1. The van der Waals surface area contributed by atoms with Crippen LogP contribution in [0.3, 0.4) is 0 Å². The summed E-state index contributed by atoms with van der Waals surface area (Å²) in [6.07, 6.45) is 5.42. The number of hydrogen-bond acceptors (Lipinski definition) is 6. The quantitative estimate of drug-likeness (QED) is 0.565. The van der Waals surface area contributed by atoms with E-state index in [4.69, 9.17) is 9.72 Å². The average Bonchev–Trinajstić information content (AvgIpc) is 3.03. The molecule has 7 heteroatoms. The van der Waals surface area contributed by atoms with Crippen molar-refractivity contribution in [3.05, 3.63) is 60.7 Å². The highest BCUT2D eigenvalue weighted by molar-refractivity contribution is 5.65. The van der Waals surface area contributed by atoms with Crippen molar-refractivity contribution in [2.75, 3.05) is 19.1 Å². The first-order valence-electron chi connectivity index (χ1n) is 8.18. The van der Waals surface area contributed by atoms with Gasteiger partial charge < -0.3 is 9.64 Å². The molecule has 0 unspecified atom stereocenters. The molecule has 0 saturated heterocycles. The third-order valence-corrected chi connectivity index (χ3v) is 4.22. The lowest BCUT2D eigenvalue weighted by Gasteiger charge is -2.18. The zero-order chi connectivity index (χ0) is 18.1. The summed E-state index contributed by atoms with van der Waals surface area (Å²) < 4.78 is 7.15. The fraction of sp³-hybridized carbons (Fsp3) is 0.158. The fourth-order valence-corrected chi connectivity index (χ4v) is 2.87. The van der Waals surface area contributed by atoms with Crippen molar-refractivity contribution < 1.29 is 4.74 Å². The van der Waals surface area contributed by atoms with Gasteiger partial charge >= 0.3 is 0 Å². The first-order valence-corrected chi connectivity index (χ1v) is 8.18. The van der Waals surface area contributed by atoms with Crippen molar-refractivity contribution in [3.8, 4) is 17.1 Å². The average molecular weight is 346 g/mol. The lowest BCUT2D eigenvalue weighted by molar-refractivity contribution is 0.415. The Hall–Kier alpha value is -3.48. The van der Waals surface area contributed by atoms with Gasteiger partial charge in [0.2, 0.25) is 11.7 Å². The van der Waals surface area contributed by atoms with Crippen LogP contribution in [0.1, 0.15) is 5.69 Å². The standard InChI is InChI=1S/C19H18N6O/c1-13-17(25-12-4-10-20-19(25)22-13)16-9-11-21-18(23-16)24(2)14-5-7-15(26-3)8-6-14/h4-12H,1-3H3. The minimum atomic E-state index is 0.603. The summed E-state index contributed by atoms with van der Waals surface area (Å²) in [6.45, 7) is 1.96. The van der Waals surface area contributed by atoms with Gasteiger partial charge in [-0.1, -0.05) is 0 Å². The molecule has 1 aromatic carbocycles. The lowest BCUT2D eigenvalue weighted by atomic mass is 10.2. The van der Waals surface area contributed by atoms with Gasteiger partial charge in [-0.05, 0) is 43.3 Å². The minimum Gasteiger partial charge on any atom is -0.497 e. The number of hydrogen-bond donors (Lipinski definition) is 0. The molecule has 0 bridgehead atoms. The van der Waals surface area contributed by atoms with Gasteiger partial charge in [-0.15, -0.1) is 0 Å². The van der Waals surface area contributed by atoms with Gasteiger partial charge in [0.05, 0.1) is 24.2 Å². The van der Waals surface area contributed by atoms with E-state index in [1.807, 2.05) is 65.9 Å². The predicted molar refractivity (Wildman–Crippen MR) is 99.8 cm³/mol. The number of benzene rings is 1. The maximum atomic E-state index is 5.21. The molecule has 3 aromatic heterocycles. The van der Waals surface area contributed by atoms with Crippen LogP contribution in [0.2, 0.25) is 0 Å². The van der Waals surface area contributed by atoms with Crippen LogP contribution in [0.5, 0.6) is 5.75 Å². The van der Waals surface area contributed by atoms with Gasteiger partial charge in [0, 0.05) is 31.3 Å². The molecule has 0 atom stereocenters. The summed E-state index contributed by atoms with van der Waals surface area (Å²) in [4.78, 5) is 19.9. The van der Waals surface area contributed by atoms with E-state index in [9.17, 15) is 0 Å². The van der Waals surface area contributed by atoms with Gasteiger partial charge in [0.15, 0.2) is 0 Å². The largest absolute Gasteiger partial charge is 0.497 e. The van der Waals surface area contributed by atoms with Crippen LogP contribution in [-0.4, -0.2) is 38.5 Å². The smallest absolute Gasteiger partial charge is 0.234 e. The van der Waals surface area contributed by atoms with Crippen molar-refractivity contribution in [2.24, 2.45) is 0 Å². The molecule has 0 spiro atoms. The summed E-state index contributed by atoms with van der Waals surface area (Å²) in [7, 11) is 3.59. The second-order valence-corrected chi connectivity index (χ2v) is 5.83. The molecule has 26 heavy (non-hydrogen) atoms. The van der Waals surface area contributed by atoms with E-state index in [1.54, 1.807) is 19.5 Å². The number of aryl methyl sites for hydroxylation is 1. The first-order chi connectivity index (χ1) is 12.7. The maximum Gasteiger partial charge on any atom is 0.234 e. The van der Waals surface area contributed by atoms with Crippen LogP contribution < -0.4 is 9.64 Å². The molecule has 4 rings (SSSR count). The normalized spacial score (nSPS) is 10.9. The van der Waals surface area contributed by atoms with Crippen molar-refractivity contribution in [2.45, 2.75) is 6.92 Å². The Kier molecular flexibility index (Phi) is 3.96. The summed E-state index contributed by atoms with van der Waals surface area (Å²) >= 11 is 0. The summed E-state index contributed by atoms with van der Waals surface area (Å²) in [5.41, 5.74) is 3.56. The van der Waals surface area contributed by atoms with Crippen LogP contribution in [0, 0.1) is 6.92 Å². The molecular formula is C19H18N6O. The number of anilines is 2. The Balaban J connectivity index is 1.75. The lowest BCUT2D eigenvalue weighted by Crippen LogP contribution is -2.13. The number of ether oxygens (including phenoxy) is 1. The Morgan fingerprint density at radius 3 is 2.58 bits per heavy atom. The molecule has 130 valence electrons. The van der Waals surface area contributed by atoms with Gasteiger partial charge in [0.1, 0.15) is 5.75 Å². The molecule has 0 saturated carbocycles. The predicted octanol–water partition coefficient (Wildman–Crippen LogP) is 3.27. The van der Waals surface area contributed by atoms with E-state index in [1.165, 1.54) is 0 Å². The van der Waals surface area contributed by atoms with Crippen LogP contribution in [-0.2, 0) is 0 Å². The Morgan fingerprint density at radius 2 is 1.81 bits per heavy atom. The van der Waals surface area contributed by atoms with E-state index in [0.717, 1.165) is 28.5 Å². The number of imidazole rings is 1. The van der Waals surface area contributed by atoms with Crippen molar-refractivity contribution >= 4 is 17.4 Å². The van der Waals surface area contributed by atoms with Crippen molar-refractivity contribution in [1.82, 2.24) is 24.3 Å². The van der Waals surface area contributed by atoms with Crippen molar-refractivity contribution in [1.29, 1.82) is 0 Å². The van der Waals surface area contributed by atoms with E-state index in [2.05, 4.69) is 15.0 Å². The molecule has 7 nitrogen and oxygen atoms in total. The first kappa shape index (κ1) is 16.0. The van der Waals surface area contributed by atoms with Gasteiger partial charge in [-0.3, -0.25) is 4.40 Å². The highest BCUT2D eigenvalue weighted by atomic mass is 16.5. The molecule has 0 radical (unpaired) electrons. The zero-order valence-corrected chi connectivity index (χ0v) is 14.8. The van der Waals surface area contributed by atoms with Crippen LogP contribution in [0.25, 0.3) is 17.2 Å². The summed E-state index contributed by atoms with van der Waals surface area (Å²) in [5.74, 6) is 2.07. The maximum absolute atomic E-state index is 5.21. The fourth-order valence-electron chi connectivity index (χ4n) is 2.87. The number of rotatable bonds is 4. The molecule has 0 aliphatic rings. The number of methoxy groups -OCH3 is 1. The highest BCUT2D eigenvalue weighted by Gasteiger charge is 2.15. The SMILES string of the molecule is COc1ccc(N(C)c2nccc(-c3c(C)nc4ncccn34)n2)cc1. The van der Waals surface area contributed by atoms with E-state index in [-0.39, 0.29) is 0 Å². The topological polar surface area (TPSA) is 68.4 Å². The Bertz CT molecular complexity index is 1060. The summed E-state index contributed by atoms with van der Waals surface area (Å²) in [5, 5.41) is 0. The number of nitrogens with zero attached hydrogens (tertiary/aromatic N) is 6. The van der Waals surface area contributed by atoms with E-state index < -0.39 is 0 Å². The van der Waals surface area contributed by atoms with Gasteiger partial charge in [-0.25, -0.2) is 19.9 Å². The number of aromatic nitrogens is 5. The third-order valence-electron chi connectivity index (χ3n) is 4.22. The third kappa shape index (κ3) is 2.73. The Labute approximate surface area is 151 Å². The second-order valence-electron chi connectivity index (χ2n) is 5.83. The molecule has 0 fully saturated rings. The summed E-state index contributed by atoms with van der Waals surface area (Å²) in [6, 6.07) is 11.5. The van der Waals surface area contributed by atoms with Crippen LogP contribution >= 0.6 is 0 Å². The zero-order valence-electron chi connectivity index (χ0n) is 14.8. The highest BCUT2D eigenvalue weighted by Crippen LogP contribution is 2.26. The molecular weight excluding hydrogens is 328 g/mol. The second kappa shape index (κ2) is 6.44. The van der Waals surface area contributed by atoms with Gasteiger partial charge in [0.25, 0.3) is 0 Å². The molecule has 4 aromatic rings. The molecule has 0 aliphatic carbocycles. The van der Waals surface area contributed by atoms with Gasteiger partial charge in [-0.2, -0.15) is 0 Å². The minimum absolute atomic E-state index is 0.603. The van der Waals surface area contributed by atoms with Crippen molar-refractivity contribution in [3.63, 3.8) is 0 Å². The van der Waals surface area contributed by atoms with Crippen LogP contribution in [0.15, 0.2) is 55.0 Å².